The van der Waals surface area contributed by atoms with Crippen LogP contribution in [0.3, 0.4) is 0 Å². The molecule has 2 saturated heterocycles. The summed E-state index contributed by atoms with van der Waals surface area (Å²) in [6.07, 6.45) is 1.27. The number of hydrogen-bond donors (Lipinski definition) is 1. The zero-order valence-corrected chi connectivity index (χ0v) is 19.7. The van der Waals surface area contributed by atoms with Crippen molar-refractivity contribution in [3.8, 4) is 0 Å². The van der Waals surface area contributed by atoms with Gasteiger partial charge in [-0.25, -0.2) is 8.42 Å². The van der Waals surface area contributed by atoms with Gasteiger partial charge in [-0.3, -0.25) is 9.59 Å². The fourth-order valence-corrected chi connectivity index (χ4v) is 6.38. The molecule has 0 radical (unpaired) electrons. The van der Waals surface area contributed by atoms with Gasteiger partial charge in [0.25, 0.3) is 11.8 Å². The van der Waals surface area contributed by atoms with Gasteiger partial charge in [-0.2, -0.15) is 15.6 Å². The Balaban J connectivity index is 1.42. The second-order valence-corrected chi connectivity index (χ2v) is 10.8. The second-order valence-electron chi connectivity index (χ2n) is 7.71. The zero-order valence-electron chi connectivity index (χ0n) is 17.3. The Morgan fingerprint density at radius 2 is 1.78 bits per heavy atom. The molecule has 0 unspecified atom stereocenters. The van der Waals surface area contributed by atoms with E-state index in [4.69, 9.17) is 16.3 Å². The van der Waals surface area contributed by atoms with Crippen molar-refractivity contribution < 1.29 is 22.7 Å². The zero-order chi connectivity index (χ0) is 22.7. The highest BCUT2D eigenvalue weighted by Gasteiger charge is 2.30. The molecule has 2 fully saturated rings. The number of thiophene rings is 1. The Hall–Kier alpha value is -1.98. The molecule has 4 rings (SSSR count). The van der Waals surface area contributed by atoms with Gasteiger partial charge in [0.05, 0.1) is 18.2 Å². The van der Waals surface area contributed by atoms with Gasteiger partial charge in [-0.05, 0) is 42.5 Å². The lowest BCUT2D eigenvalue weighted by molar-refractivity contribution is 0.0697. The summed E-state index contributed by atoms with van der Waals surface area (Å²) in [5.41, 5.74) is 0.922. The Bertz CT molecular complexity index is 1080. The van der Waals surface area contributed by atoms with Crippen molar-refractivity contribution in [2.75, 3.05) is 39.4 Å². The van der Waals surface area contributed by atoms with E-state index < -0.39 is 10.0 Å². The quantitative estimate of drug-likeness (QED) is 0.684. The average molecular weight is 498 g/mol. The molecule has 1 aromatic heterocycles. The van der Waals surface area contributed by atoms with Gasteiger partial charge < -0.3 is 15.0 Å². The number of carbonyl (C=O) groups excluding carboxylic acids is 2. The number of piperidine rings is 1. The summed E-state index contributed by atoms with van der Waals surface area (Å²) in [5.74, 6) is -0.352. The SMILES string of the molecule is O=C(NC1CCN(C(=O)c2ccc(Cl)c(S(=O)(=O)N3CCOCC3)c2)CC1)c1ccsc1. The maximum absolute atomic E-state index is 13.1. The number of rotatable bonds is 5. The van der Waals surface area contributed by atoms with Gasteiger partial charge in [0.15, 0.2) is 0 Å². The first-order chi connectivity index (χ1) is 15.4. The van der Waals surface area contributed by atoms with Crippen LogP contribution in [0, 0.1) is 0 Å². The standard InChI is InChI=1S/C21H24ClN3O5S2/c22-18-2-1-15(13-19(18)32(28,29)25-8-10-30-11-9-25)21(27)24-6-3-17(4-7-24)23-20(26)16-5-12-31-14-16/h1-2,5,12-14,17H,3-4,6-11H2,(H,23,26). The Kier molecular flexibility index (Phi) is 7.16. The normalized spacial score (nSPS) is 18.5. The monoisotopic (exact) mass is 497 g/mol. The third-order valence-corrected chi connectivity index (χ3v) is 8.73. The third-order valence-electron chi connectivity index (χ3n) is 5.67. The number of amides is 2. The molecule has 0 saturated carbocycles. The molecule has 2 amide bonds. The van der Waals surface area contributed by atoms with Crippen LogP contribution in [0.4, 0.5) is 0 Å². The van der Waals surface area contributed by atoms with Crippen LogP contribution in [-0.4, -0.2) is 74.9 Å². The molecule has 0 spiro atoms. The van der Waals surface area contributed by atoms with E-state index in [1.807, 2.05) is 5.38 Å². The van der Waals surface area contributed by atoms with Crippen LogP contribution in [0.15, 0.2) is 39.9 Å². The molecule has 2 aliphatic heterocycles. The van der Waals surface area contributed by atoms with Crippen molar-refractivity contribution in [3.05, 3.63) is 51.2 Å². The summed E-state index contributed by atoms with van der Waals surface area (Å²) in [4.78, 5) is 26.9. The molecule has 1 N–H and O–H groups in total. The van der Waals surface area contributed by atoms with Crippen LogP contribution < -0.4 is 5.32 Å². The van der Waals surface area contributed by atoms with Crippen molar-refractivity contribution in [1.82, 2.24) is 14.5 Å². The van der Waals surface area contributed by atoms with E-state index in [9.17, 15) is 18.0 Å². The number of nitrogens with zero attached hydrogens (tertiary/aromatic N) is 2. The molecule has 0 bridgehead atoms. The van der Waals surface area contributed by atoms with Crippen LogP contribution in [0.1, 0.15) is 33.6 Å². The smallest absolute Gasteiger partial charge is 0.253 e. The van der Waals surface area contributed by atoms with Crippen molar-refractivity contribution in [2.24, 2.45) is 0 Å². The van der Waals surface area contributed by atoms with Gasteiger partial charge in [-0.15, -0.1) is 0 Å². The van der Waals surface area contributed by atoms with E-state index in [0.29, 0.717) is 44.7 Å². The minimum atomic E-state index is -3.82. The first-order valence-corrected chi connectivity index (χ1v) is 13.1. The highest BCUT2D eigenvalue weighted by molar-refractivity contribution is 7.89. The Morgan fingerprint density at radius 1 is 1.06 bits per heavy atom. The number of carbonyl (C=O) groups is 2. The largest absolute Gasteiger partial charge is 0.379 e. The van der Waals surface area contributed by atoms with E-state index >= 15 is 0 Å². The maximum atomic E-state index is 13.1. The number of morpholine rings is 1. The van der Waals surface area contributed by atoms with Crippen LogP contribution in [0.2, 0.25) is 5.02 Å². The van der Waals surface area contributed by atoms with Gasteiger partial charge in [0.1, 0.15) is 4.90 Å². The molecule has 0 aliphatic carbocycles. The van der Waals surface area contributed by atoms with Crippen LogP contribution in [0.5, 0.6) is 0 Å². The van der Waals surface area contributed by atoms with Gasteiger partial charge in [0, 0.05) is 48.7 Å². The van der Waals surface area contributed by atoms with E-state index in [-0.39, 0.29) is 46.4 Å². The number of hydrogen-bond acceptors (Lipinski definition) is 6. The fourth-order valence-electron chi connectivity index (χ4n) is 3.83. The Morgan fingerprint density at radius 3 is 2.44 bits per heavy atom. The van der Waals surface area contributed by atoms with E-state index in [1.54, 1.807) is 22.4 Å². The fraction of sp³-hybridized carbons (Fsp3) is 0.429. The van der Waals surface area contributed by atoms with Crippen LogP contribution >= 0.6 is 22.9 Å². The lowest BCUT2D eigenvalue weighted by Crippen LogP contribution is -2.46. The number of benzene rings is 1. The highest BCUT2D eigenvalue weighted by Crippen LogP contribution is 2.27. The molecule has 11 heteroatoms. The molecule has 2 aromatic rings. The average Bonchev–Trinajstić information content (AvgIpc) is 3.35. The first-order valence-electron chi connectivity index (χ1n) is 10.4. The number of nitrogens with one attached hydrogen (secondary N) is 1. The molecular formula is C21H24ClN3O5S2. The molecule has 32 heavy (non-hydrogen) atoms. The van der Waals surface area contributed by atoms with E-state index in [2.05, 4.69) is 5.32 Å². The third kappa shape index (κ3) is 4.99. The molecule has 1 aromatic carbocycles. The summed E-state index contributed by atoms with van der Waals surface area (Å²) in [5, 5.41) is 6.76. The van der Waals surface area contributed by atoms with E-state index in [1.165, 1.54) is 27.8 Å². The molecule has 3 heterocycles. The van der Waals surface area contributed by atoms with Crippen molar-refractivity contribution in [3.63, 3.8) is 0 Å². The van der Waals surface area contributed by atoms with Crippen LogP contribution in [0.25, 0.3) is 0 Å². The number of likely N-dealkylation sites (tertiary alicyclic amines) is 1. The van der Waals surface area contributed by atoms with Crippen molar-refractivity contribution in [2.45, 2.75) is 23.8 Å². The molecule has 8 nitrogen and oxygen atoms in total. The van der Waals surface area contributed by atoms with Gasteiger partial charge >= 0.3 is 0 Å². The minimum Gasteiger partial charge on any atom is -0.379 e. The maximum Gasteiger partial charge on any atom is 0.253 e. The molecular weight excluding hydrogens is 474 g/mol. The highest BCUT2D eigenvalue weighted by atomic mass is 35.5. The summed E-state index contributed by atoms with van der Waals surface area (Å²) in [6.45, 7) is 2.10. The summed E-state index contributed by atoms with van der Waals surface area (Å²) < 4.78 is 32.6. The lowest BCUT2D eigenvalue weighted by Gasteiger charge is -2.32. The topological polar surface area (TPSA) is 96.0 Å². The predicted molar refractivity (Wildman–Crippen MR) is 122 cm³/mol. The molecule has 172 valence electrons. The molecule has 2 aliphatic rings. The summed E-state index contributed by atoms with van der Waals surface area (Å²) in [7, 11) is -3.82. The van der Waals surface area contributed by atoms with Gasteiger partial charge in [-0.1, -0.05) is 11.6 Å². The Labute approximate surface area is 196 Å². The molecule has 0 atom stereocenters. The summed E-state index contributed by atoms with van der Waals surface area (Å²) >= 11 is 7.67. The van der Waals surface area contributed by atoms with Crippen molar-refractivity contribution in [1.29, 1.82) is 0 Å². The van der Waals surface area contributed by atoms with E-state index in [0.717, 1.165) is 0 Å². The number of ether oxygens (including phenoxy) is 1. The predicted octanol–water partition coefficient (Wildman–Crippen LogP) is 2.46. The second kappa shape index (κ2) is 9.88. The van der Waals surface area contributed by atoms with Gasteiger partial charge in [0.2, 0.25) is 10.0 Å². The minimum absolute atomic E-state index is 0.00562. The number of sulfonamides is 1. The first kappa shape index (κ1) is 23.2. The number of halogens is 1. The summed E-state index contributed by atoms with van der Waals surface area (Å²) in [6, 6.07) is 6.14. The van der Waals surface area contributed by atoms with Crippen molar-refractivity contribution >= 4 is 44.8 Å². The van der Waals surface area contributed by atoms with Crippen LogP contribution in [-0.2, 0) is 14.8 Å². The lowest BCUT2D eigenvalue weighted by atomic mass is 10.0.